The van der Waals surface area contributed by atoms with Crippen molar-refractivity contribution in [2.45, 2.75) is 53.1 Å². The summed E-state index contributed by atoms with van der Waals surface area (Å²) in [5.41, 5.74) is 3.43. The van der Waals surface area contributed by atoms with Crippen molar-refractivity contribution in [3.05, 3.63) is 33.8 Å². The van der Waals surface area contributed by atoms with E-state index in [9.17, 15) is 5.11 Å². The Hall–Kier alpha value is -0.530. The summed E-state index contributed by atoms with van der Waals surface area (Å²) in [6.07, 6.45) is 3.19. The first-order valence-corrected chi connectivity index (χ1v) is 7.15. The van der Waals surface area contributed by atoms with E-state index in [0.717, 1.165) is 28.1 Å². The molecule has 1 aliphatic rings. The van der Waals surface area contributed by atoms with Crippen molar-refractivity contribution in [1.82, 2.24) is 0 Å². The maximum atomic E-state index is 10.7. The van der Waals surface area contributed by atoms with Gasteiger partial charge in [-0.25, -0.2) is 0 Å². The van der Waals surface area contributed by atoms with Gasteiger partial charge in [0.1, 0.15) is 0 Å². The molecule has 0 amide bonds. The van der Waals surface area contributed by atoms with Crippen LogP contribution in [0.4, 0.5) is 0 Å². The normalized spacial score (nSPS) is 24.2. The predicted octanol–water partition coefficient (Wildman–Crippen LogP) is 4.82. The lowest BCUT2D eigenvalue weighted by atomic mass is 9.76. The summed E-state index contributed by atoms with van der Waals surface area (Å²) in [7, 11) is 0. The summed E-state index contributed by atoms with van der Waals surface area (Å²) in [6, 6.07) is 4.02. The standard InChI is InChI=1S/C16H23ClO/c1-10-9-14(17)11(2)8-12(10)15(18)13-6-5-7-16(13,3)4/h8-9,13,15,18H,5-7H2,1-4H3. The number of benzene rings is 1. The molecule has 2 atom stereocenters. The molecule has 1 fully saturated rings. The molecule has 2 unspecified atom stereocenters. The highest BCUT2D eigenvalue weighted by Gasteiger charge is 2.39. The number of aliphatic hydroxyl groups is 1. The van der Waals surface area contributed by atoms with E-state index in [1.165, 1.54) is 12.8 Å². The summed E-state index contributed by atoms with van der Waals surface area (Å²) < 4.78 is 0. The van der Waals surface area contributed by atoms with Crippen LogP contribution in [0.3, 0.4) is 0 Å². The summed E-state index contributed by atoms with van der Waals surface area (Å²) >= 11 is 6.12. The topological polar surface area (TPSA) is 20.2 Å². The predicted molar refractivity (Wildman–Crippen MR) is 77.0 cm³/mol. The highest BCUT2D eigenvalue weighted by atomic mass is 35.5. The van der Waals surface area contributed by atoms with Crippen LogP contribution in [-0.2, 0) is 0 Å². The summed E-state index contributed by atoms with van der Waals surface area (Å²) in [4.78, 5) is 0. The van der Waals surface area contributed by atoms with Crippen molar-refractivity contribution >= 4 is 11.6 Å². The average Bonchev–Trinajstić information content (AvgIpc) is 2.62. The van der Waals surface area contributed by atoms with Crippen LogP contribution >= 0.6 is 11.6 Å². The van der Waals surface area contributed by atoms with E-state index < -0.39 is 0 Å². The van der Waals surface area contributed by atoms with Crippen molar-refractivity contribution < 1.29 is 5.11 Å². The molecule has 0 spiro atoms. The van der Waals surface area contributed by atoms with E-state index in [0.29, 0.717) is 5.92 Å². The monoisotopic (exact) mass is 266 g/mol. The van der Waals surface area contributed by atoms with Crippen LogP contribution in [0, 0.1) is 25.2 Å². The van der Waals surface area contributed by atoms with Crippen molar-refractivity contribution in [3.63, 3.8) is 0 Å². The number of rotatable bonds is 2. The van der Waals surface area contributed by atoms with Gasteiger partial charge in [0.05, 0.1) is 6.10 Å². The molecule has 0 bridgehead atoms. The van der Waals surface area contributed by atoms with Crippen molar-refractivity contribution in [2.75, 3.05) is 0 Å². The van der Waals surface area contributed by atoms with Gasteiger partial charge in [0.15, 0.2) is 0 Å². The zero-order valence-corrected chi connectivity index (χ0v) is 12.5. The first-order chi connectivity index (χ1) is 8.33. The third-order valence-corrected chi connectivity index (χ3v) is 4.99. The smallest absolute Gasteiger partial charge is 0.0825 e. The lowest BCUT2D eigenvalue weighted by molar-refractivity contribution is 0.0527. The summed E-state index contributed by atoms with van der Waals surface area (Å²) in [5.74, 6) is 0.358. The molecule has 1 aliphatic carbocycles. The minimum Gasteiger partial charge on any atom is -0.388 e. The Kier molecular flexibility index (Phi) is 3.75. The van der Waals surface area contributed by atoms with Crippen LogP contribution in [0.5, 0.6) is 0 Å². The second-order valence-electron chi connectivity index (χ2n) is 6.39. The van der Waals surface area contributed by atoms with E-state index in [2.05, 4.69) is 19.9 Å². The molecule has 1 N–H and O–H groups in total. The van der Waals surface area contributed by atoms with Crippen LogP contribution in [0.2, 0.25) is 5.02 Å². The van der Waals surface area contributed by atoms with Crippen LogP contribution in [-0.4, -0.2) is 5.11 Å². The van der Waals surface area contributed by atoms with Crippen LogP contribution in [0.15, 0.2) is 12.1 Å². The average molecular weight is 267 g/mol. The summed E-state index contributed by atoms with van der Waals surface area (Å²) in [5, 5.41) is 11.5. The molecule has 0 aliphatic heterocycles. The van der Waals surface area contributed by atoms with Gasteiger partial charge in [-0.15, -0.1) is 0 Å². The second-order valence-corrected chi connectivity index (χ2v) is 6.80. The van der Waals surface area contributed by atoms with Crippen LogP contribution < -0.4 is 0 Å². The Bertz CT molecular complexity index is 451. The molecular formula is C16H23ClO. The SMILES string of the molecule is Cc1cc(C(O)C2CCCC2(C)C)c(C)cc1Cl. The van der Waals surface area contributed by atoms with Crippen molar-refractivity contribution in [2.24, 2.45) is 11.3 Å². The van der Waals surface area contributed by atoms with Crippen LogP contribution in [0.25, 0.3) is 0 Å². The van der Waals surface area contributed by atoms with Gasteiger partial charge in [0, 0.05) is 5.02 Å². The highest BCUT2D eigenvalue weighted by Crippen LogP contribution is 2.49. The van der Waals surface area contributed by atoms with E-state index >= 15 is 0 Å². The van der Waals surface area contributed by atoms with E-state index in [4.69, 9.17) is 11.6 Å². The number of halogens is 1. The third-order valence-electron chi connectivity index (χ3n) is 4.59. The quantitative estimate of drug-likeness (QED) is 0.814. The molecule has 0 heterocycles. The fourth-order valence-corrected chi connectivity index (χ4v) is 3.50. The number of hydrogen-bond donors (Lipinski definition) is 1. The molecule has 1 nitrogen and oxygen atoms in total. The minimum atomic E-state index is -0.363. The van der Waals surface area contributed by atoms with Crippen molar-refractivity contribution in [1.29, 1.82) is 0 Å². The Morgan fingerprint density at radius 3 is 2.50 bits per heavy atom. The molecule has 0 radical (unpaired) electrons. The zero-order chi connectivity index (χ0) is 13.5. The fraction of sp³-hybridized carbons (Fsp3) is 0.625. The highest BCUT2D eigenvalue weighted by molar-refractivity contribution is 6.31. The van der Waals surface area contributed by atoms with Crippen LogP contribution in [0.1, 0.15) is 55.9 Å². The molecule has 1 saturated carbocycles. The lowest BCUT2D eigenvalue weighted by Gasteiger charge is -2.32. The molecule has 2 rings (SSSR count). The molecule has 1 aromatic rings. The Balaban J connectivity index is 2.34. The number of hydrogen-bond acceptors (Lipinski definition) is 1. The Morgan fingerprint density at radius 2 is 1.94 bits per heavy atom. The molecule has 100 valence electrons. The number of aliphatic hydroxyl groups excluding tert-OH is 1. The molecule has 1 aromatic carbocycles. The molecule has 0 saturated heterocycles. The van der Waals surface area contributed by atoms with Crippen molar-refractivity contribution in [3.8, 4) is 0 Å². The van der Waals surface area contributed by atoms with Gasteiger partial charge in [-0.2, -0.15) is 0 Å². The Morgan fingerprint density at radius 1 is 1.28 bits per heavy atom. The van der Waals surface area contributed by atoms with E-state index in [1.54, 1.807) is 0 Å². The zero-order valence-electron chi connectivity index (χ0n) is 11.8. The van der Waals surface area contributed by atoms with E-state index in [-0.39, 0.29) is 11.5 Å². The first-order valence-electron chi connectivity index (χ1n) is 6.77. The fourth-order valence-electron chi connectivity index (χ4n) is 3.28. The second kappa shape index (κ2) is 4.86. The Labute approximate surface area is 115 Å². The van der Waals surface area contributed by atoms with Gasteiger partial charge in [0.2, 0.25) is 0 Å². The first kappa shape index (κ1) is 13.9. The van der Waals surface area contributed by atoms with Gasteiger partial charge in [-0.05, 0) is 60.8 Å². The van der Waals surface area contributed by atoms with Gasteiger partial charge >= 0.3 is 0 Å². The molecule has 18 heavy (non-hydrogen) atoms. The maximum Gasteiger partial charge on any atom is 0.0825 e. The largest absolute Gasteiger partial charge is 0.388 e. The number of aryl methyl sites for hydroxylation is 2. The van der Waals surface area contributed by atoms with E-state index in [1.807, 2.05) is 19.9 Å². The minimum absolute atomic E-state index is 0.236. The van der Waals surface area contributed by atoms with Gasteiger partial charge in [-0.1, -0.05) is 37.9 Å². The van der Waals surface area contributed by atoms with Gasteiger partial charge in [0.25, 0.3) is 0 Å². The lowest BCUT2D eigenvalue weighted by Crippen LogP contribution is -2.24. The summed E-state index contributed by atoms with van der Waals surface area (Å²) in [6.45, 7) is 8.57. The maximum absolute atomic E-state index is 10.7. The third kappa shape index (κ3) is 2.44. The molecule has 0 aromatic heterocycles. The van der Waals surface area contributed by atoms with Gasteiger partial charge < -0.3 is 5.11 Å². The molecule has 2 heteroatoms. The molecular weight excluding hydrogens is 244 g/mol. The van der Waals surface area contributed by atoms with Gasteiger partial charge in [-0.3, -0.25) is 0 Å².